The van der Waals surface area contributed by atoms with Gasteiger partial charge in [-0.25, -0.2) is 4.79 Å². The molecule has 0 aromatic carbocycles. The van der Waals surface area contributed by atoms with Crippen molar-refractivity contribution in [2.24, 2.45) is 0 Å². The van der Waals surface area contributed by atoms with Crippen molar-refractivity contribution in [1.29, 1.82) is 0 Å². The molecule has 0 amide bonds. The number of aliphatic carboxylic acids is 1. The van der Waals surface area contributed by atoms with Gasteiger partial charge in [-0.1, -0.05) is 0 Å². The number of carbonyl (C=O) groups is 1. The minimum Gasteiger partial charge on any atom is -0.477 e. The predicted molar refractivity (Wildman–Crippen MR) is 49.8 cm³/mol. The monoisotopic (exact) mass is 250 g/mol. The number of hydrogen-bond donors (Lipinski definition) is 4. The molecule has 98 valence electrons. The van der Waals surface area contributed by atoms with E-state index in [4.69, 9.17) is 19.3 Å². The Kier molecular flexibility index (Phi) is 3.10. The summed E-state index contributed by atoms with van der Waals surface area (Å²) in [6, 6.07) is 0. The lowest BCUT2D eigenvalue weighted by Gasteiger charge is -2.47. The van der Waals surface area contributed by atoms with Gasteiger partial charge < -0.3 is 34.6 Å². The first-order chi connectivity index (χ1) is 7.85. The quantitative estimate of drug-likeness (QED) is 0.407. The van der Waals surface area contributed by atoms with E-state index in [0.717, 1.165) is 0 Å². The van der Waals surface area contributed by atoms with E-state index in [2.05, 4.69) is 0 Å². The average Bonchev–Trinajstić information content (AvgIpc) is 2.27. The maximum atomic E-state index is 10.9. The largest absolute Gasteiger partial charge is 0.477 e. The maximum absolute atomic E-state index is 10.9. The van der Waals surface area contributed by atoms with Crippen LogP contribution in [0.3, 0.4) is 0 Å². The Balaban J connectivity index is 2.16. The fourth-order valence-electron chi connectivity index (χ4n) is 1.85. The summed E-state index contributed by atoms with van der Waals surface area (Å²) < 4.78 is 15.0. The maximum Gasteiger partial charge on any atom is 0.364 e. The topological polar surface area (TPSA) is 126 Å². The molecule has 0 aromatic heterocycles. The van der Waals surface area contributed by atoms with E-state index in [-0.39, 0.29) is 6.61 Å². The molecule has 2 aliphatic heterocycles. The summed E-state index contributed by atoms with van der Waals surface area (Å²) in [5, 5.41) is 37.3. The number of hydrogen-bond acceptors (Lipinski definition) is 7. The average molecular weight is 250 g/mol. The van der Waals surface area contributed by atoms with Crippen molar-refractivity contribution >= 4 is 5.97 Å². The third kappa shape index (κ3) is 2.03. The molecule has 0 bridgehead atoms. The molecule has 2 heterocycles. The third-order valence-electron chi connectivity index (χ3n) is 2.93. The van der Waals surface area contributed by atoms with Gasteiger partial charge >= 0.3 is 5.97 Å². The van der Waals surface area contributed by atoms with Gasteiger partial charge in [-0.15, -0.1) is 0 Å². The van der Waals surface area contributed by atoms with Gasteiger partial charge in [0.2, 0.25) is 0 Å². The highest BCUT2D eigenvalue weighted by atomic mass is 16.8. The zero-order valence-corrected chi connectivity index (χ0v) is 9.02. The van der Waals surface area contributed by atoms with Gasteiger partial charge in [-0.05, 0) is 0 Å². The molecule has 0 saturated carbocycles. The molecule has 8 heteroatoms. The highest BCUT2D eigenvalue weighted by Crippen LogP contribution is 2.32. The molecular formula is C9H14O8. The highest BCUT2D eigenvalue weighted by Gasteiger charge is 2.53. The van der Waals surface area contributed by atoms with Crippen molar-refractivity contribution in [1.82, 2.24) is 0 Å². The fourth-order valence-corrected chi connectivity index (χ4v) is 1.85. The number of aliphatic hydroxyl groups is 3. The molecule has 2 fully saturated rings. The van der Waals surface area contributed by atoms with Gasteiger partial charge in [0.25, 0.3) is 5.79 Å². The third-order valence-corrected chi connectivity index (χ3v) is 2.93. The molecule has 2 rings (SSSR count). The number of carboxylic acid groups (broad SMARTS) is 1. The normalized spacial score (nSPS) is 50.7. The molecule has 8 nitrogen and oxygen atoms in total. The first-order valence-corrected chi connectivity index (χ1v) is 5.10. The lowest BCUT2D eigenvalue weighted by Crippen LogP contribution is -2.66. The van der Waals surface area contributed by atoms with Gasteiger partial charge in [0.15, 0.2) is 6.29 Å². The first-order valence-electron chi connectivity index (χ1n) is 5.10. The van der Waals surface area contributed by atoms with Crippen LogP contribution >= 0.6 is 0 Å². The fraction of sp³-hybridized carbons (Fsp3) is 0.889. The second-order valence-electron chi connectivity index (χ2n) is 4.19. The van der Waals surface area contributed by atoms with Crippen LogP contribution < -0.4 is 0 Å². The van der Waals surface area contributed by atoms with Crippen LogP contribution in [0, 0.1) is 0 Å². The standard InChI is InChI=1S/C9H14O8/c1-9(8(13)14)15-2-3-6(17-9)4(10)5(11)7(12)16-3/h3-7,10-12H,2H2,1H3,(H,13,14)/t3-,4-,5-,6+,7?,9?/m1/s1. The molecule has 17 heavy (non-hydrogen) atoms. The SMILES string of the molecule is CC1(C(=O)O)OC[C@H]2OC(O)[C@H](O)[C@@H](O)[C@H]2O1. The zero-order valence-electron chi connectivity index (χ0n) is 9.02. The Bertz CT molecular complexity index is 318. The van der Waals surface area contributed by atoms with Crippen molar-refractivity contribution in [3.8, 4) is 0 Å². The van der Waals surface area contributed by atoms with Gasteiger partial charge in [-0.3, -0.25) is 0 Å². The number of carboxylic acids is 1. The van der Waals surface area contributed by atoms with Crippen LogP contribution in [-0.2, 0) is 19.0 Å². The smallest absolute Gasteiger partial charge is 0.364 e. The Morgan fingerprint density at radius 3 is 2.53 bits per heavy atom. The van der Waals surface area contributed by atoms with E-state index < -0.39 is 42.5 Å². The molecule has 6 atom stereocenters. The van der Waals surface area contributed by atoms with E-state index in [1.165, 1.54) is 6.92 Å². The molecule has 4 N–H and O–H groups in total. The minimum absolute atomic E-state index is 0.158. The highest BCUT2D eigenvalue weighted by molar-refractivity contribution is 5.75. The van der Waals surface area contributed by atoms with Gasteiger partial charge in [-0.2, -0.15) is 0 Å². The molecule has 2 unspecified atom stereocenters. The van der Waals surface area contributed by atoms with Crippen molar-refractivity contribution < 1.29 is 39.4 Å². The molecule has 2 saturated heterocycles. The van der Waals surface area contributed by atoms with E-state index in [0.29, 0.717) is 0 Å². The summed E-state index contributed by atoms with van der Waals surface area (Å²) in [4.78, 5) is 10.9. The number of ether oxygens (including phenoxy) is 3. The summed E-state index contributed by atoms with van der Waals surface area (Å²) >= 11 is 0. The Labute approximate surface area is 96.3 Å². The number of fused-ring (bicyclic) bond motifs is 1. The van der Waals surface area contributed by atoms with Crippen molar-refractivity contribution in [3.63, 3.8) is 0 Å². The second-order valence-corrected chi connectivity index (χ2v) is 4.19. The molecule has 0 radical (unpaired) electrons. The van der Waals surface area contributed by atoms with Crippen LogP contribution in [0.25, 0.3) is 0 Å². The van der Waals surface area contributed by atoms with Gasteiger partial charge in [0, 0.05) is 6.92 Å². The number of rotatable bonds is 1. The zero-order chi connectivity index (χ0) is 12.8. The minimum atomic E-state index is -1.90. The van der Waals surface area contributed by atoms with E-state index >= 15 is 0 Å². The number of aliphatic hydroxyl groups excluding tert-OH is 3. The van der Waals surface area contributed by atoms with Crippen LogP contribution in [0.4, 0.5) is 0 Å². The predicted octanol–water partition coefficient (Wildman–Crippen LogP) is -2.36. The van der Waals surface area contributed by atoms with E-state index in [1.807, 2.05) is 0 Å². The lowest BCUT2D eigenvalue weighted by atomic mass is 9.97. The van der Waals surface area contributed by atoms with Crippen molar-refractivity contribution in [3.05, 3.63) is 0 Å². The van der Waals surface area contributed by atoms with Gasteiger partial charge in [0.05, 0.1) is 6.61 Å². The summed E-state index contributed by atoms with van der Waals surface area (Å²) in [5.74, 6) is -3.24. The van der Waals surface area contributed by atoms with Crippen molar-refractivity contribution in [2.75, 3.05) is 6.61 Å². The van der Waals surface area contributed by atoms with E-state index in [1.54, 1.807) is 0 Å². The Hall–Kier alpha value is -0.770. The van der Waals surface area contributed by atoms with Gasteiger partial charge in [0.1, 0.15) is 24.4 Å². The van der Waals surface area contributed by atoms with Crippen molar-refractivity contribution in [2.45, 2.75) is 43.4 Å². The summed E-state index contributed by atoms with van der Waals surface area (Å²) in [6.07, 6.45) is -6.43. The summed E-state index contributed by atoms with van der Waals surface area (Å²) in [5.41, 5.74) is 0. The van der Waals surface area contributed by atoms with Crippen LogP contribution in [0.15, 0.2) is 0 Å². The molecule has 2 aliphatic rings. The van der Waals surface area contributed by atoms with Crippen LogP contribution in [0.1, 0.15) is 6.92 Å². The van der Waals surface area contributed by atoms with E-state index in [9.17, 15) is 20.1 Å². The lowest BCUT2D eigenvalue weighted by molar-refractivity contribution is -0.373. The Morgan fingerprint density at radius 2 is 1.94 bits per heavy atom. The molecule has 0 aromatic rings. The second kappa shape index (κ2) is 4.16. The Morgan fingerprint density at radius 1 is 1.29 bits per heavy atom. The molecular weight excluding hydrogens is 236 g/mol. The molecule has 0 spiro atoms. The summed E-state index contributed by atoms with van der Waals surface area (Å²) in [6.45, 7) is 1.03. The van der Waals surface area contributed by atoms with Crippen LogP contribution in [0.2, 0.25) is 0 Å². The first kappa shape index (κ1) is 12.7. The summed E-state index contributed by atoms with van der Waals surface area (Å²) in [7, 11) is 0. The molecule has 0 aliphatic carbocycles. The van der Waals surface area contributed by atoms with Crippen LogP contribution in [-0.4, -0.2) is 69.5 Å². The van der Waals surface area contributed by atoms with Crippen LogP contribution in [0.5, 0.6) is 0 Å².